The van der Waals surface area contributed by atoms with Gasteiger partial charge >= 0.3 is 17.9 Å². The van der Waals surface area contributed by atoms with E-state index in [1.165, 1.54) is 109 Å². The summed E-state index contributed by atoms with van der Waals surface area (Å²) in [6.07, 6.45) is 121. The number of ether oxygens (including phenoxy) is 4. The van der Waals surface area contributed by atoms with Crippen LogP contribution in [0.15, 0.2) is 207 Å². The minimum Gasteiger partial charge on any atom is -0.477 e. The Bertz CT molecular complexity index is 2420. The number of hydrogen-bond donors (Lipinski definition) is 1. The molecule has 9 nitrogen and oxygen atoms in total. The highest BCUT2D eigenvalue weighted by Crippen LogP contribution is 2.17. The lowest BCUT2D eigenvalue weighted by atomic mass is 10.0. The van der Waals surface area contributed by atoms with Gasteiger partial charge in [0.1, 0.15) is 13.2 Å². The quantitative estimate of drug-likeness (QED) is 0.0211. The van der Waals surface area contributed by atoms with Crippen LogP contribution in [0.25, 0.3) is 0 Å². The van der Waals surface area contributed by atoms with Crippen LogP contribution in [0.2, 0.25) is 0 Å². The molecule has 0 bridgehead atoms. The first-order chi connectivity index (χ1) is 49.6. The number of aliphatic carboxylic acids is 1. The summed E-state index contributed by atoms with van der Waals surface area (Å²) in [4.78, 5) is 37.8. The molecule has 0 fully saturated rings. The second-order valence-electron chi connectivity index (χ2n) is 27.3. The number of likely N-dealkylation sites (N-methyl/N-ethyl adjacent to an activating group) is 1. The molecule has 0 aliphatic heterocycles. The number of carbonyl (C=O) groups excluding carboxylic acids is 2. The van der Waals surface area contributed by atoms with E-state index in [-0.39, 0.29) is 38.6 Å². The molecule has 9 heteroatoms. The highest BCUT2D eigenvalue weighted by Gasteiger charge is 2.25. The van der Waals surface area contributed by atoms with Gasteiger partial charge in [-0.05, 0) is 148 Å². The van der Waals surface area contributed by atoms with Crippen LogP contribution in [0.3, 0.4) is 0 Å². The van der Waals surface area contributed by atoms with Gasteiger partial charge in [-0.1, -0.05) is 342 Å². The molecular formula is C92H148NO8+. The van der Waals surface area contributed by atoms with E-state index in [0.29, 0.717) is 17.4 Å². The second-order valence-corrected chi connectivity index (χ2v) is 27.3. The van der Waals surface area contributed by atoms with Crippen molar-refractivity contribution in [3.63, 3.8) is 0 Å². The highest BCUT2D eigenvalue weighted by molar-refractivity contribution is 5.71. The van der Waals surface area contributed by atoms with Crippen molar-refractivity contribution in [1.82, 2.24) is 0 Å². The van der Waals surface area contributed by atoms with Gasteiger partial charge in [0.15, 0.2) is 6.10 Å². The lowest BCUT2D eigenvalue weighted by molar-refractivity contribution is -0.870. The minimum absolute atomic E-state index is 0.176. The van der Waals surface area contributed by atoms with Crippen LogP contribution in [0, 0.1) is 0 Å². The van der Waals surface area contributed by atoms with E-state index in [1.807, 2.05) is 21.1 Å². The number of carboxylic acid groups (broad SMARTS) is 1. The smallest absolute Gasteiger partial charge is 0.361 e. The lowest BCUT2D eigenvalue weighted by Gasteiger charge is -2.25. The summed E-state index contributed by atoms with van der Waals surface area (Å²) >= 11 is 0. The number of rotatable bonds is 72. The average molecular weight is 1400 g/mol. The van der Waals surface area contributed by atoms with Crippen molar-refractivity contribution in [3.8, 4) is 0 Å². The molecule has 101 heavy (non-hydrogen) atoms. The van der Waals surface area contributed by atoms with E-state index in [0.717, 1.165) is 154 Å². The molecule has 1 N–H and O–H groups in total. The van der Waals surface area contributed by atoms with Gasteiger partial charge in [-0.3, -0.25) is 9.59 Å². The van der Waals surface area contributed by atoms with Crippen LogP contribution < -0.4 is 0 Å². The summed E-state index contributed by atoms with van der Waals surface area (Å²) in [5.41, 5.74) is 0. The van der Waals surface area contributed by atoms with Gasteiger partial charge < -0.3 is 28.5 Å². The normalized spacial score (nSPS) is 13.8. The molecule has 2 unspecified atom stereocenters. The fraction of sp³-hybridized carbons (Fsp3) is 0.598. The van der Waals surface area contributed by atoms with Crippen LogP contribution in [-0.4, -0.2) is 87.4 Å². The molecule has 0 aromatic heterocycles. The monoisotopic (exact) mass is 1400 g/mol. The Morgan fingerprint density at radius 2 is 0.535 bits per heavy atom. The van der Waals surface area contributed by atoms with Crippen LogP contribution in [-0.2, 0) is 33.3 Å². The fourth-order valence-electron chi connectivity index (χ4n) is 10.5. The molecule has 0 saturated carbocycles. The summed E-state index contributed by atoms with van der Waals surface area (Å²) in [5.74, 6) is -2.03. The number of esters is 2. The summed E-state index contributed by atoms with van der Waals surface area (Å²) in [7, 11) is 5.97. The van der Waals surface area contributed by atoms with E-state index >= 15 is 0 Å². The highest BCUT2D eigenvalue weighted by atomic mass is 16.7. The average Bonchev–Trinajstić information content (AvgIpc) is 1.21. The molecule has 0 spiro atoms. The summed E-state index contributed by atoms with van der Waals surface area (Å²) < 4.78 is 23.0. The van der Waals surface area contributed by atoms with Crippen LogP contribution >= 0.6 is 0 Å². The first-order valence-corrected chi connectivity index (χ1v) is 40.2. The maximum Gasteiger partial charge on any atom is 0.361 e. The van der Waals surface area contributed by atoms with E-state index in [9.17, 15) is 19.5 Å². The van der Waals surface area contributed by atoms with E-state index < -0.39 is 24.3 Å². The van der Waals surface area contributed by atoms with Gasteiger partial charge in [0.2, 0.25) is 0 Å². The Morgan fingerprint density at radius 1 is 0.297 bits per heavy atom. The van der Waals surface area contributed by atoms with Crippen LogP contribution in [0.1, 0.15) is 296 Å². The Morgan fingerprint density at radius 3 is 0.792 bits per heavy atom. The van der Waals surface area contributed by atoms with Crippen molar-refractivity contribution >= 4 is 17.9 Å². The van der Waals surface area contributed by atoms with Crippen LogP contribution in [0.5, 0.6) is 0 Å². The molecule has 2 atom stereocenters. The molecule has 0 amide bonds. The van der Waals surface area contributed by atoms with Gasteiger partial charge in [-0.15, -0.1) is 0 Å². The SMILES string of the molecule is CC/C=C\C/C=C\C/C=C\C/C=C\C/C=C\C/C=C\C/C=C\C/C=C\C/C=C\C/C=C\C/C=C\CCCCCCCCCC(=O)OC(COC(=O)CCCCCCCCCCCCCCCCCC/C=C\C/C=C\C/C=C\C/C=C\C/C=C\C/C=C\CC)COC(OCC[N+](C)(C)C)C(=O)O. The topological polar surface area (TPSA) is 108 Å². The first kappa shape index (κ1) is 94.9. The molecule has 568 valence electrons. The third kappa shape index (κ3) is 81.0. The maximum atomic E-state index is 13.0. The maximum absolute atomic E-state index is 13.0. The van der Waals surface area contributed by atoms with Crippen molar-refractivity contribution in [2.75, 3.05) is 47.5 Å². The molecule has 0 radical (unpaired) electrons. The summed E-state index contributed by atoms with van der Waals surface area (Å²) in [5, 5.41) is 9.78. The predicted octanol–water partition coefficient (Wildman–Crippen LogP) is 26.3. The summed E-state index contributed by atoms with van der Waals surface area (Å²) in [6.45, 7) is 4.63. The number of hydrogen-bond acceptors (Lipinski definition) is 7. The third-order valence-electron chi connectivity index (χ3n) is 16.5. The van der Waals surface area contributed by atoms with E-state index in [1.54, 1.807) is 0 Å². The summed E-state index contributed by atoms with van der Waals surface area (Å²) in [6, 6.07) is 0. The Kier molecular flexibility index (Phi) is 74.7. The molecule has 0 aromatic carbocycles. The standard InChI is InChI=1S/C92H147NO8/c1-6-8-10-12-14-16-18-20-22-24-26-28-30-32-34-36-38-40-42-43-44-45-46-47-49-51-53-55-57-59-61-63-65-67-69-71-73-75-77-79-81-83-90(95)101-88(87-100-92(91(96)97)98-85-84-93(3,4)5)86-99-89(94)82-80-78-76-74-72-70-68-66-64-62-60-58-56-54-52-50-48-41-39-37-35-33-31-29-27-25-23-21-19-17-15-13-11-9-7-2/h8-11,14-17,20-23,26-29,32-35,38-41,43-44,46-47,51,53,57,59,63,65,88,92H,6-7,12-13,18-19,24-25,30-31,36-37,42,45,48-50,52,54-56,58,60-62,64,66-87H2,1-5H3/p+1/b10-8-,11-9-,16-14-,17-15-,22-20-,23-21-,28-26-,29-27-,34-32-,35-33-,40-38-,41-39-,44-43-,47-46-,53-51-,59-57-,65-63-. The number of quaternary nitrogens is 1. The number of unbranched alkanes of at least 4 members (excludes halogenated alkanes) is 23. The number of carboxylic acids is 1. The van der Waals surface area contributed by atoms with Crippen molar-refractivity contribution in [2.24, 2.45) is 0 Å². The van der Waals surface area contributed by atoms with Crippen molar-refractivity contribution in [1.29, 1.82) is 0 Å². The Balaban J connectivity index is 4.14. The van der Waals surface area contributed by atoms with Crippen LogP contribution in [0.4, 0.5) is 0 Å². The van der Waals surface area contributed by atoms with E-state index in [4.69, 9.17) is 18.9 Å². The third-order valence-corrected chi connectivity index (χ3v) is 16.5. The van der Waals surface area contributed by atoms with Crippen molar-refractivity contribution in [2.45, 2.75) is 309 Å². The second kappa shape index (κ2) is 79.6. The Labute approximate surface area is 620 Å². The Hall–Kier alpha value is -6.13. The molecule has 0 saturated heterocycles. The zero-order valence-electron chi connectivity index (χ0n) is 65.0. The van der Waals surface area contributed by atoms with Gasteiger partial charge in [-0.25, -0.2) is 4.79 Å². The molecule has 0 aromatic rings. The molecule has 0 aliphatic rings. The van der Waals surface area contributed by atoms with Gasteiger partial charge in [0.05, 0.1) is 34.4 Å². The first-order valence-electron chi connectivity index (χ1n) is 40.2. The minimum atomic E-state index is -1.53. The largest absolute Gasteiger partial charge is 0.477 e. The van der Waals surface area contributed by atoms with Gasteiger partial charge in [0, 0.05) is 12.8 Å². The van der Waals surface area contributed by atoms with Gasteiger partial charge in [0.25, 0.3) is 6.29 Å². The van der Waals surface area contributed by atoms with Gasteiger partial charge in [-0.2, -0.15) is 0 Å². The number of nitrogens with zero attached hydrogens (tertiary/aromatic N) is 1. The van der Waals surface area contributed by atoms with Crippen molar-refractivity contribution in [3.05, 3.63) is 207 Å². The lowest BCUT2D eigenvalue weighted by Crippen LogP contribution is -2.40. The zero-order chi connectivity index (χ0) is 73.2. The molecule has 0 heterocycles. The molecule has 0 rings (SSSR count). The number of carbonyl (C=O) groups is 3. The number of allylic oxidation sites excluding steroid dienone is 34. The fourth-order valence-corrected chi connectivity index (χ4v) is 10.5. The zero-order valence-corrected chi connectivity index (χ0v) is 65.0. The molecule has 0 aliphatic carbocycles. The van der Waals surface area contributed by atoms with E-state index in [2.05, 4.69) is 220 Å². The van der Waals surface area contributed by atoms with Crippen molar-refractivity contribution < 1.29 is 42.9 Å². The predicted molar refractivity (Wildman–Crippen MR) is 437 cm³/mol. The molecular weight excluding hydrogens is 1250 g/mol.